The Bertz CT molecular complexity index is 1070. The van der Waals surface area contributed by atoms with Crippen LogP contribution in [0.2, 0.25) is 5.02 Å². The highest BCUT2D eigenvalue weighted by atomic mass is 35.5. The van der Waals surface area contributed by atoms with E-state index in [4.69, 9.17) is 16.3 Å². The number of nitrogens with zero attached hydrogens (tertiary/aromatic N) is 3. The van der Waals surface area contributed by atoms with Gasteiger partial charge in [0, 0.05) is 30.2 Å². The third-order valence-corrected chi connectivity index (χ3v) is 6.74. The molecule has 160 valence electrons. The number of hydrogen-bond acceptors (Lipinski definition) is 7. The van der Waals surface area contributed by atoms with Crippen molar-refractivity contribution < 1.29 is 18.1 Å². The fourth-order valence-electron chi connectivity index (χ4n) is 3.00. The van der Waals surface area contributed by atoms with Crippen molar-refractivity contribution in [2.45, 2.75) is 18.2 Å². The number of ether oxygens (including phenoxy) is 1. The number of sulfonamides is 1. The summed E-state index contributed by atoms with van der Waals surface area (Å²) in [5.41, 5.74) is 4.06. The van der Waals surface area contributed by atoms with Crippen molar-refractivity contribution in [1.82, 2.24) is 4.31 Å². The first-order valence-electron chi connectivity index (χ1n) is 9.27. The molecule has 0 radical (unpaired) electrons. The number of nitro groups is 1. The van der Waals surface area contributed by atoms with E-state index in [0.29, 0.717) is 17.2 Å². The van der Waals surface area contributed by atoms with E-state index in [0.717, 1.165) is 11.6 Å². The molecule has 0 unspecified atom stereocenters. The van der Waals surface area contributed by atoms with Crippen LogP contribution in [0.15, 0.2) is 52.5 Å². The average Bonchev–Trinajstić information content (AvgIpc) is 2.74. The second kappa shape index (κ2) is 9.52. The smallest absolute Gasteiger partial charge is 0.270 e. The van der Waals surface area contributed by atoms with Crippen LogP contribution in [0.4, 0.5) is 11.4 Å². The molecule has 9 nitrogen and oxygen atoms in total. The first-order valence-corrected chi connectivity index (χ1v) is 11.1. The molecule has 0 spiro atoms. The second-order valence-corrected chi connectivity index (χ2v) is 8.83. The zero-order valence-corrected chi connectivity index (χ0v) is 17.8. The van der Waals surface area contributed by atoms with E-state index in [9.17, 15) is 18.5 Å². The molecule has 1 N–H and O–H groups in total. The lowest BCUT2D eigenvalue weighted by Gasteiger charge is -2.26. The van der Waals surface area contributed by atoms with Gasteiger partial charge in [-0.3, -0.25) is 15.5 Å². The SMILES string of the molecule is CC/C(=N\Nc1ccc([N+](=O)[O-])cc1S(=O)(=O)N1CCOCC1)c1cccc(Cl)c1. The fraction of sp³-hybridized carbons (Fsp3) is 0.316. The van der Waals surface area contributed by atoms with Crippen LogP contribution >= 0.6 is 11.6 Å². The van der Waals surface area contributed by atoms with Gasteiger partial charge < -0.3 is 4.74 Å². The molecule has 3 rings (SSSR count). The van der Waals surface area contributed by atoms with E-state index >= 15 is 0 Å². The maximum Gasteiger partial charge on any atom is 0.270 e. The minimum absolute atomic E-state index is 0.153. The van der Waals surface area contributed by atoms with Crippen molar-refractivity contribution in [3.63, 3.8) is 0 Å². The van der Waals surface area contributed by atoms with Gasteiger partial charge in [0.05, 0.1) is 29.5 Å². The molecular weight excluding hydrogens is 432 g/mol. The number of benzene rings is 2. The highest BCUT2D eigenvalue weighted by molar-refractivity contribution is 7.89. The normalized spacial score (nSPS) is 15.7. The van der Waals surface area contributed by atoms with Crippen molar-refractivity contribution in [1.29, 1.82) is 0 Å². The van der Waals surface area contributed by atoms with Gasteiger partial charge in [-0.1, -0.05) is 30.7 Å². The molecule has 0 amide bonds. The Balaban J connectivity index is 2.00. The second-order valence-electron chi connectivity index (χ2n) is 6.49. The zero-order chi connectivity index (χ0) is 21.7. The van der Waals surface area contributed by atoms with Gasteiger partial charge in [-0.2, -0.15) is 9.41 Å². The molecule has 2 aromatic rings. The van der Waals surface area contributed by atoms with Crippen LogP contribution < -0.4 is 5.43 Å². The number of anilines is 1. The molecule has 0 bridgehead atoms. The molecule has 11 heteroatoms. The number of hydrazone groups is 1. The van der Waals surface area contributed by atoms with E-state index in [2.05, 4.69) is 10.5 Å². The van der Waals surface area contributed by atoms with E-state index in [1.54, 1.807) is 18.2 Å². The van der Waals surface area contributed by atoms with Crippen LogP contribution in [0.3, 0.4) is 0 Å². The van der Waals surface area contributed by atoms with Gasteiger partial charge in [-0.05, 0) is 30.2 Å². The Kier molecular flexibility index (Phi) is 7.03. The van der Waals surface area contributed by atoms with E-state index in [-0.39, 0.29) is 42.6 Å². The quantitative estimate of drug-likeness (QED) is 0.390. The van der Waals surface area contributed by atoms with Crippen molar-refractivity contribution in [3.8, 4) is 0 Å². The minimum Gasteiger partial charge on any atom is -0.379 e. The van der Waals surface area contributed by atoms with Crippen LogP contribution in [-0.4, -0.2) is 49.7 Å². The lowest BCUT2D eigenvalue weighted by Crippen LogP contribution is -2.40. The molecule has 1 aliphatic rings. The number of nitro benzene ring substituents is 1. The van der Waals surface area contributed by atoms with E-state index in [1.807, 2.05) is 13.0 Å². The highest BCUT2D eigenvalue weighted by Crippen LogP contribution is 2.29. The Morgan fingerprint density at radius 1 is 1.27 bits per heavy atom. The number of rotatable bonds is 7. The van der Waals surface area contributed by atoms with Gasteiger partial charge in [0.25, 0.3) is 5.69 Å². The van der Waals surface area contributed by atoms with Gasteiger partial charge in [-0.15, -0.1) is 0 Å². The first kappa shape index (κ1) is 22.2. The summed E-state index contributed by atoms with van der Waals surface area (Å²) in [7, 11) is -3.98. The van der Waals surface area contributed by atoms with E-state index in [1.165, 1.54) is 16.4 Å². The van der Waals surface area contributed by atoms with E-state index < -0.39 is 14.9 Å². The molecule has 0 saturated carbocycles. The monoisotopic (exact) mass is 452 g/mol. The van der Waals surface area contributed by atoms with Crippen LogP contribution in [0.5, 0.6) is 0 Å². The lowest BCUT2D eigenvalue weighted by atomic mass is 10.1. The summed E-state index contributed by atoms with van der Waals surface area (Å²) in [5, 5.41) is 16.1. The summed E-state index contributed by atoms with van der Waals surface area (Å²) in [6, 6.07) is 10.8. The summed E-state index contributed by atoms with van der Waals surface area (Å²) >= 11 is 6.05. The highest BCUT2D eigenvalue weighted by Gasteiger charge is 2.30. The van der Waals surface area contributed by atoms with Gasteiger partial charge >= 0.3 is 0 Å². The number of non-ortho nitro benzene ring substituents is 1. The Hall–Kier alpha value is -2.53. The number of nitrogens with one attached hydrogen (secondary N) is 1. The van der Waals surface area contributed by atoms with Gasteiger partial charge in [0.2, 0.25) is 10.0 Å². The summed E-state index contributed by atoms with van der Waals surface area (Å²) in [6.07, 6.45) is 0.561. The lowest BCUT2D eigenvalue weighted by molar-refractivity contribution is -0.385. The molecule has 0 atom stereocenters. The third kappa shape index (κ3) is 4.96. The van der Waals surface area contributed by atoms with Crippen LogP contribution in [0.25, 0.3) is 0 Å². The Morgan fingerprint density at radius 2 is 2.00 bits per heavy atom. The first-order chi connectivity index (χ1) is 14.3. The van der Waals surface area contributed by atoms with Crippen LogP contribution in [0, 0.1) is 10.1 Å². The predicted octanol–water partition coefficient (Wildman–Crippen LogP) is 3.50. The fourth-order valence-corrected chi connectivity index (χ4v) is 4.76. The molecule has 1 heterocycles. The molecule has 1 saturated heterocycles. The van der Waals surface area contributed by atoms with Crippen LogP contribution in [-0.2, 0) is 14.8 Å². The Morgan fingerprint density at radius 3 is 2.63 bits per heavy atom. The molecule has 0 aliphatic carbocycles. The summed E-state index contributed by atoms with van der Waals surface area (Å²) < 4.78 is 32.8. The number of morpholine rings is 1. The van der Waals surface area contributed by atoms with Crippen molar-refractivity contribution in [2.24, 2.45) is 5.10 Å². The number of halogens is 1. The summed E-state index contributed by atoms with van der Waals surface area (Å²) in [4.78, 5) is 10.4. The number of hydrogen-bond donors (Lipinski definition) is 1. The topological polar surface area (TPSA) is 114 Å². The van der Waals surface area contributed by atoms with Crippen molar-refractivity contribution in [3.05, 3.63) is 63.2 Å². The molecular formula is C19H21ClN4O5S. The van der Waals surface area contributed by atoms with Crippen LogP contribution in [0.1, 0.15) is 18.9 Å². The van der Waals surface area contributed by atoms with Gasteiger partial charge in [0.1, 0.15) is 4.90 Å². The predicted molar refractivity (Wildman–Crippen MR) is 115 cm³/mol. The Labute approximate surface area is 179 Å². The minimum atomic E-state index is -3.98. The maximum atomic E-state index is 13.2. The van der Waals surface area contributed by atoms with Crippen molar-refractivity contribution >= 4 is 38.7 Å². The average molecular weight is 453 g/mol. The molecule has 0 aromatic heterocycles. The summed E-state index contributed by atoms with van der Waals surface area (Å²) in [6.45, 7) is 2.79. The molecule has 2 aromatic carbocycles. The standard InChI is InChI=1S/C19H21ClN4O5S/c1-2-17(14-4-3-5-15(20)12-14)21-22-18-7-6-16(24(25)26)13-19(18)30(27,28)23-8-10-29-11-9-23/h3-7,12-13,22H,2,8-11H2,1H3/b21-17+. The zero-order valence-electron chi connectivity index (χ0n) is 16.2. The van der Waals surface area contributed by atoms with Crippen molar-refractivity contribution in [2.75, 3.05) is 31.7 Å². The maximum absolute atomic E-state index is 13.2. The summed E-state index contributed by atoms with van der Waals surface area (Å²) in [5.74, 6) is 0. The van der Waals surface area contributed by atoms with Gasteiger partial charge in [0.15, 0.2) is 0 Å². The third-order valence-electron chi connectivity index (χ3n) is 4.57. The molecule has 1 aliphatic heterocycles. The molecule has 1 fully saturated rings. The largest absolute Gasteiger partial charge is 0.379 e. The van der Waals surface area contributed by atoms with Gasteiger partial charge in [-0.25, -0.2) is 8.42 Å². The molecule has 30 heavy (non-hydrogen) atoms.